The number of amidine groups is 1. The number of carbonyl (C=O) groups excluding carboxylic acids is 1. The monoisotopic (exact) mass is 305 g/mol. The zero-order valence-electron chi connectivity index (χ0n) is 12.2. The maximum Gasteiger partial charge on any atom is 0.267 e. The highest BCUT2D eigenvalue weighted by Gasteiger charge is 2.08. The van der Waals surface area contributed by atoms with E-state index in [0.29, 0.717) is 24.6 Å². The van der Waals surface area contributed by atoms with Crippen LogP contribution in [0.3, 0.4) is 0 Å². The van der Waals surface area contributed by atoms with Crippen molar-refractivity contribution >= 4 is 11.7 Å². The number of allylic oxidation sites excluding steroid dienone is 1. The molecule has 1 rings (SSSR count). The molecule has 0 unspecified atom stereocenters. The molecular weight excluding hydrogens is 286 g/mol. The number of hydrogen-bond acceptors (Lipinski definition) is 5. The molecule has 0 aliphatic heterocycles. The highest BCUT2D eigenvalue weighted by molar-refractivity contribution is 5.96. The molecule has 0 saturated heterocycles. The third kappa shape index (κ3) is 4.82. The van der Waals surface area contributed by atoms with E-state index in [1.807, 2.05) is 0 Å². The highest BCUT2D eigenvalue weighted by atomic mass is 16.3. The summed E-state index contributed by atoms with van der Waals surface area (Å²) in [6.45, 7) is 5.98. The van der Waals surface area contributed by atoms with Crippen molar-refractivity contribution < 1.29 is 9.90 Å². The van der Waals surface area contributed by atoms with E-state index in [0.717, 1.165) is 12.3 Å². The normalized spacial score (nSPS) is 11.9. The maximum absolute atomic E-state index is 11.8. The lowest BCUT2D eigenvalue weighted by atomic mass is 10.3. The maximum atomic E-state index is 11.8. The Morgan fingerprint density at radius 1 is 1.50 bits per heavy atom. The van der Waals surface area contributed by atoms with Crippen molar-refractivity contribution in [2.75, 3.05) is 13.1 Å². The summed E-state index contributed by atoms with van der Waals surface area (Å²) < 4.78 is 0. The number of pyridine rings is 1. The average Bonchev–Trinajstić information content (AvgIpc) is 2.50. The van der Waals surface area contributed by atoms with Crippen LogP contribution < -0.4 is 21.8 Å². The quantitative estimate of drug-likeness (QED) is 0.270. The van der Waals surface area contributed by atoms with Crippen LogP contribution in [0, 0.1) is 0 Å². The van der Waals surface area contributed by atoms with Gasteiger partial charge in [-0.1, -0.05) is 12.7 Å². The van der Waals surface area contributed by atoms with Gasteiger partial charge >= 0.3 is 0 Å². The molecule has 0 aliphatic rings. The molecule has 0 atom stereocenters. The second-order valence-corrected chi connectivity index (χ2v) is 4.18. The van der Waals surface area contributed by atoms with E-state index in [2.05, 4.69) is 27.2 Å². The molecule has 0 saturated carbocycles. The molecule has 0 aliphatic carbocycles. The number of aliphatic imine (C=N–C) groups is 1. The van der Waals surface area contributed by atoms with Gasteiger partial charge in [0.25, 0.3) is 5.91 Å². The summed E-state index contributed by atoms with van der Waals surface area (Å²) >= 11 is 0. The molecule has 8 nitrogen and oxygen atoms in total. The lowest BCUT2D eigenvalue weighted by molar-refractivity contribution is 0.0949. The Bertz CT molecular complexity index is 661. The molecule has 0 fully saturated rings. The van der Waals surface area contributed by atoms with Gasteiger partial charge in [-0.3, -0.25) is 9.59 Å². The van der Waals surface area contributed by atoms with Crippen molar-refractivity contribution in [2.24, 2.45) is 10.7 Å². The Hall–Kier alpha value is -3.03. The smallest absolute Gasteiger partial charge is 0.267 e. The molecule has 6 N–H and O–H groups in total. The Morgan fingerprint density at radius 2 is 2.18 bits per heavy atom. The van der Waals surface area contributed by atoms with Crippen LogP contribution in [0.4, 0.5) is 0 Å². The predicted molar refractivity (Wildman–Crippen MR) is 84.6 cm³/mol. The van der Waals surface area contributed by atoms with Crippen LogP contribution in [0.15, 0.2) is 46.6 Å². The summed E-state index contributed by atoms with van der Waals surface area (Å²) in [6, 6.07) is 1.03. The largest absolute Gasteiger partial charge is 0.503 e. The fraction of sp³-hybridized carbons (Fsp3) is 0.214. The summed E-state index contributed by atoms with van der Waals surface area (Å²) in [7, 11) is 0. The van der Waals surface area contributed by atoms with Gasteiger partial charge in [0.1, 0.15) is 11.5 Å². The molecule has 1 heterocycles. The van der Waals surface area contributed by atoms with E-state index < -0.39 is 17.1 Å². The van der Waals surface area contributed by atoms with E-state index in [1.165, 1.54) is 6.20 Å². The number of H-pyrrole nitrogens is 1. The zero-order chi connectivity index (χ0) is 16.5. The molecule has 1 aromatic heterocycles. The van der Waals surface area contributed by atoms with Gasteiger partial charge in [-0.05, 0) is 6.92 Å². The molecule has 0 aromatic carbocycles. The fourth-order valence-corrected chi connectivity index (χ4v) is 1.57. The molecule has 0 radical (unpaired) electrons. The van der Waals surface area contributed by atoms with Crippen molar-refractivity contribution in [3.05, 3.63) is 52.7 Å². The molecule has 1 amide bonds. The first-order chi connectivity index (χ1) is 10.5. The molecule has 1 aromatic rings. The number of aromatic nitrogens is 1. The van der Waals surface area contributed by atoms with Crippen LogP contribution in [0.5, 0.6) is 5.75 Å². The molecule has 8 heteroatoms. The number of carbonyl (C=O) groups is 1. The van der Waals surface area contributed by atoms with Gasteiger partial charge in [0.2, 0.25) is 5.43 Å². The number of aromatic hydroxyl groups is 1. The Kier molecular flexibility index (Phi) is 6.42. The first-order valence-electron chi connectivity index (χ1n) is 6.54. The van der Waals surface area contributed by atoms with Crippen molar-refractivity contribution in [2.45, 2.75) is 6.92 Å². The Balaban J connectivity index is 2.48. The minimum Gasteiger partial charge on any atom is -0.503 e. The van der Waals surface area contributed by atoms with Crippen LogP contribution in [-0.4, -0.2) is 34.9 Å². The SMILES string of the molecule is C=CN=C(N)/C(=C\C)NCCNC(=O)c1cc(=O)c(O)c[nH]1. The summed E-state index contributed by atoms with van der Waals surface area (Å²) in [6.07, 6.45) is 4.16. The number of aromatic amines is 1. The van der Waals surface area contributed by atoms with Crippen molar-refractivity contribution in [1.82, 2.24) is 15.6 Å². The lowest BCUT2D eigenvalue weighted by Crippen LogP contribution is -2.35. The third-order valence-electron chi connectivity index (χ3n) is 2.66. The van der Waals surface area contributed by atoms with Crippen molar-refractivity contribution in [3.8, 4) is 5.75 Å². The van der Waals surface area contributed by atoms with Crippen LogP contribution in [0.1, 0.15) is 17.4 Å². The summed E-state index contributed by atoms with van der Waals surface area (Å²) in [4.78, 5) is 29.4. The van der Waals surface area contributed by atoms with E-state index in [-0.39, 0.29) is 5.69 Å². The summed E-state index contributed by atoms with van der Waals surface area (Å²) in [5.74, 6) is -0.590. The van der Waals surface area contributed by atoms with Gasteiger partial charge in [-0.15, -0.1) is 0 Å². The van der Waals surface area contributed by atoms with Crippen LogP contribution in [0.25, 0.3) is 0 Å². The summed E-state index contributed by atoms with van der Waals surface area (Å²) in [5, 5.41) is 14.7. The topological polar surface area (TPSA) is 133 Å². The van der Waals surface area contributed by atoms with Crippen LogP contribution in [-0.2, 0) is 0 Å². The molecular formula is C14H19N5O3. The molecule has 0 spiro atoms. The number of hydrogen-bond donors (Lipinski definition) is 5. The van der Waals surface area contributed by atoms with Gasteiger partial charge in [-0.2, -0.15) is 0 Å². The van der Waals surface area contributed by atoms with Gasteiger partial charge in [0.05, 0.1) is 5.70 Å². The Labute approximate surface area is 127 Å². The predicted octanol–water partition coefficient (Wildman–Crippen LogP) is -0.196. The first kappa shape index (κ1) is 17.0. The summed E-state index contributed by atoms with van der Waals surface area (Å²) in [5.41, 5.74) is 5.78. The first-order valence-corrected chi connectivity index (χ1v) is 6.54. The fourth-order valence-electron chi connectivity index (χ4n) is 1.57. The number of nitrogens with zero attached hydrogens (tertiary/aromatic N) is 1. The number of amides is 1. The standard InChI is InChI=1S/C14H19N5O3/c1-3-9(13(15)16-4-2)17-5-6-18-14(22)10-7-11(20)12(21)8-19-10/h3-4,7-8,17,21H,2,5-6H2,1H3,(H2,15,16)(H,18,22)(H,19,20)/b9-3+. The van der Waals surface area contributed by atoms with Crippen molar-refractivity contribution in [3.63, 3.8) is 0 Å². The number of nitrogens with one attached hydrogen (secondary N) is 3. The second kappa shape index (κ2) is 8.30. The van der Waals surface area contributed by atoms with Gasteiger partial charge in [0, 0.05) is 31.6 Å². The minimum absolute atomic E-state index is 0.0711. The van der Waals surface area contributed by atoms with E-state index >= 15 is 0 Å². The zero-order valence-corrected chi connectivity index (χ0v) is 12.2. The van der Waals surface area contributed by atoms with Gasteiger partial charge < -0.3 is 26.5 Å². The van der Waals surface area contributed by atoms with Crippen LogP contribution in [0.2, 0.25) is 0 Å². The van der Waals surface area contributed by atoms with Crippen molar-refractivity contribution in [1.29, 1.82) is 0 Å². The number of rotatable bonds is 7. The highest BCUT2D eigenvalue weighted by Crippen LogP contribution is 1.98. The average molecular weight is 305 g/mol. The van der Waals surface area contributed by atoms with Gasteiger partial charge in [-0.25, -0.2) is 4.99 Å². The van der Waals surface area contributed by atoms with E-state index in [9.17, 15) is 9.59 Å². The van der Waals surface area contributed by atoms with Gasteiger partial charge in [0.15, 0.2) is 5.75 Å². The van der Waals surface area contributed by atoms with Crippen LogP contribution >= 0.6 is 0 Å². The molecule has 118 valence electrons. The minimum atomic E-state index is -0.619. The molecule has 0 bridgehead atoms. The van der Waals surface area contributed by atoms with E-state index in [4.69, 9.17) is 10.8 Å². The second-order valence-electron chi connectivity index (χ2n) is 4.18. The third-order valence-corrected chi connectivity index (χ3v) is 2.66. The lowest BCUT2D eigenvalue weighted by Gasteiger charge is -2.10. The van der Waals surface area contributed by atoms with E-state index in [1.54, 1.807) is 13.0 Å². The molecule has 22 heavy (non-hydrogen) atoms. The Morgan fingerprint density at radius 3 is 2.77 bits per heavy atom. The number of nitrogens with two attached hydrogens (primary N) is 1.